The third-order valence-electron chi connectivity index (χ3n) is 3.53. The first-order chi connectivity index (χ1) is 11.7. The number of benzene rings is 1. The zero-order chi connectivity index (χ0) is 18.9. The minimum absolute atomic E-state index is 0.0490. The Morgan fingerprint density at radius 3 is 2.28 bits per heavy atom. The second-order valence-electron chi connectivity index (χ2n) is 5.65. The van der Waals surface area contributed by atoms with Gasteiger partial charge >= 0.3 is 0 Å². The Morgan fingerprint density at radius 1 is 1.16 bits per heavy atom. The number of non-ortho nitro benzene ring substituents is 1. The first-order valence-corrected chi connectivity index (χ1v) is 9.24. The lowest BCUT2D eigenvalue weighted by Crippen LogP contribution is -2.49. The molecule has 0 spiro atoms. The van der Waals surface area contributed by atoms with Crippen LogP contribution in [0.1, 0.15) is 45.4 Å². The van der Waals surface area contributed by atoms with Crippen LogP contribution >= 0.6 is 34.8 Å². The first kappa shape index (κ1) is 21.8. The molecular formula is C16H22Cl3N3O3. The standard InChI is InChI=1S/C16H22Cl3N3O3/c1-2-3-4-5-6-7-14(23)21-15(16(17,18)19)20-12-8-10-13(11-9-12)22(24)25/h8-11,15,20H,2-7H2,1H3,(H,21,23). The van der Waals surface area contributed by atoms with Crippen LogP contribution in [0.3, 0.4) is 0 Å². The minimum Gasteiger partial charge on any atom is -0.362 e. The summed E-state index contributed by atoms with van der Waals surface area (Å²) in [4.78, 5) is 22.2. The van der Waals surface area contributed by atoms with Gasteiger partial charge in [0.25, 0.3) is 5.69 Å². The van der Waals surface area contributed by atoms with E-state index in [1.807, 2.05) is 0 Å². The van der Waals surface area contributed by atoms with Gasteiger partial charge in [-0.05, 0) is 18.6 Å². The lowest BCUT2D eigenvalue weighted by Gasteiger charge is -2.27. The molecule has 1 atom stereocenters. The van der Waals surface area contributed by atoms with E-state index in [1.165, 1.54) is 24.3 Å². The molecule has 0 aliphatic heterocycles. The van der Waals surface area contributed by atoms with Crippen LogP contribution < -0.4 is 10.6 Å². The maximum Gasteiger partial charge on any atom is 0.269 e. The number of nitrogens with one attached hydrogen (secondary N) is 2. The number of anilines is 1. The van der Waals surface area contributed by atoms with Crippen molar-refractivity contribution in [1.29, 1.82) is 0 Å². The van der Waals surface area contributed by atoms with Gasteiger partial charge in [-0.2, -0.15) is 0 Å². The number of nitro groups is 1. The molecule has 1 rings (SSSR count). The largest absolute Gasteiger partial charge is 0.362 e. The lowest BCUT2D eigenvalue weighted by atomic mass is 10.1. The van der Waals surface area contributed by atoms with E-state index in [-0.39, 0.29) is 11.6 Å². The molecule has 0 saturated heterocycles. The summed E-state index contributed by atoms with van der Waals surface area (Å²) in [5.41, 5.74) is 0.442. The van der Waals surface area contributed by atoms with Crippen molar-refractivity contribution in [2.24, 2.45) is 0 Å². The maximum atomic E-state index is 12.1. The molecule has 0 aliphatic rings. The van der Waals surface area contributed by atoms with Crippen LogP contribution in [0.15, 0.2) is 24.3 Å². The molecule has 1 unspecified atom stereocenters. The second-order valence-corrected chi connectivity index (χ2v) is 8.02. The molecular weight excluding hydrogens is 389 g/mol. The summed E-state index contributed by atoms with van der Waals surface area (Å²) >= 11 is 17.8. The molecule has 0 aliphatic carbocycles. The van der Waals surface area contributed by atoms with Gasteiger partial charge in [0.05, 0.1) is 4.92 Å². The molecule has 0 aromatic heterocycles. The summed E-state index contributed by atoms with van der Waals surface area (Å²) in [7, 11) is 0. The summed E-state index contributed by atoms with van der Waals surface area (Å²) in [6.45, 7) is 2.13. The summed E-state index contributed by atoms with van der Waals surface area (Å²) < 4.78 is -1.78. The third kappa shape index (κ3) is 8.61. The highest BCUT2D eigenvalue weighted by Crippen LogP contribution is 2.31. The molecule has 0 bridgehead atoms. The number of nitro benzene ring substituents is 1. The van der Waals surface area contributed by atoms with E-state index >= 15 is 0 Å². The van der Waals surface area contributed by atoms with Crippen LogP contribution in [-0.4, -0.2) is 20.8 Å². The van der Waals surface area contributed by atoms with Crippen LogP contribution in [0.5, 0.6) is 0 Å². The average Bonchev–Trinajstić information content (AvgIpc) is 2.53. The molecule has 2 N–H and O–H groups in total. The number of rotatable bonds is 10. The van der Waals surface area contributed by atoms with Crippen molar-refractivity contribution in [3.63, 3.8) is 0 Å². The highest BCUT2D eigenvalue weighted by atomic mass is 35.6. The number of alkyl halides is 3. The maximum absolute atomic E-state index is 12.1. The molecule has 1 aromatic rings. The predicted octanol–water partition coefficient (Wildman–Crippen LogP) is 5.18. The highest BCUT2D eigenvalue weighted by Gasteiger charge is 2.34. The Balaban J connectivity index is 2.59. The van der Waals surface area contributed by atoms with Gasteiger partial charge in [-0.1, -0.05) is 67.4 Å². The molecule has 25 heavy (non-hydrogen) atoms. The molecule has 1 amide bonds. The van der Waals surface area contributed by atoms with Gasteiger partial charge in [-0.3, -0.25) is 14.9 Å². The van der Waals surface area contributed by atoms with E-state index in [1.54, 1.807) is 0 Å². The Bertz CT molecular complexity index is 562. The molecule has 6 nitrogen and oxygen atoms in total. The van der Waals surface area contributed by atoms with Crippen LogP contribution in [-0.2, 0) is 4.79 Å². The van der Waals surface area contributed by atoms with Crippen molar-refractivity contribution in [3.8, 4) is 0 Å². The number of amides is 1. The second kappa shape index (κ2) is 10.7. The SMILES string of the molecule is CCCCCCCC(=O)NC(Nc1ccc([N+](=O)[O-])cc1)C(Cl)(Cl)Cl. The van der Waals surface area contributed by atoms with Crippen LogP contribution in [0, 0.1) is 10.1 Å². The molecule has 9 heteroatoms. The monoisotopic (exact) mass is 409 g/mol. The fourth-order valence-electron chi connectivity index (χ4n) is 2.17. The minimum atomic E-state index is -1.78. The average molecular weight is 411 g/mol. The van der Waals surface area contributed by atoms with Gasteiger partial charge < -0.3 is 10.6 Å². The van der Waals surface area contributed by atoms with Crippen LogP contribution in [0.2, 0.25) is 0 Å². The number of nitrogens with zero attached hydrogens (tertiary/aromatic N) is 1. The van der Waals surface area contributed by atoms with Gasteiger partial charge in [-0.15, -0.1) is 0 Å². The van der Waals surface area contributed by atoms with Crippen molar-refractivity contribution in [2.75, 3.05) is 5.32 Å². The van der Waals surface area contributed by atoms with E-state index in [0.717, 1.165) is 32.1 Å². The summed E-state index contributed by atoms with van der Waals surface area (Å²) in [6.07, 6.45) is 4.54. The number of halogens is 3. The normalized spacial score (nSPS) is 12.5. The molecule has 1 aromatic carbocycles. The van der Waals surface area contributed by atoms with Crippen molar-refractivity contribution < 1.29 is 9.72 Å². The van der Waals surface area contributed by atoms with Gasteiger partial charge in [0.2, 0.25) is 9.70 Å². The van der Waals surface area contributed by atoms with E-state index in [9.17, 15) is 14.9 Å². The van der Waals surface area contributed by atoms with Crippen LogP contribution in [0.25, 0.3) is 0 Å². The number of carbonyl (C=O) groups is 1. The van der Waals surface area contributed by atoms with Crippen molar-refractivity contribution in [1.82, 2.24) is 5.32 Å². The van der Waals surface area contributed by atoms with E-state index in [2.05, 4.69) is 17.6 Å². The quantitative estimate of drug-likeness (QED) is 0.183. The zero-order valence-corrected chi connectivity index (χ0v) is 16.2. The Kier molecular flexibility index (Phi) is 9.32. The number of unbranched alkanes of at least 4 members (excludes halogenated alkanes) is 4. The number of hydrogen-bond donors (Lipinski definition) is 2. The van der Waals surface area contributed by atoms with E-state index < -0.39 is 14.9 Å². The highest BCUT2D eigenvalue weighted by molar-refractivity contribution is 6.68. The topological polar surface area (TPSA) is 84.3 Å². The summed E-state index contributed by atoms with van der Waals surface area (Å²) in [6, 6.07) is 5.62. The van der Waals surface area contributed by atoms with Crippen LogP contribution in [0.4, 0.5) is 11.4 Å². The Labute approximate surface area is 162 Å². The third-order valence-corrected chi connectivity index (χ3v) is 4.18. The Hall–Kier alpha value is -1.24. The van der Waals surface area contributed by atoms with E-state index in [4.69, 9.17) is 34.8 Å². The summed E-state index contributed by atoms with van der Waals surface area (Å²) in [5, 5.41) is 16.2. The fraction of sp³-hybridized carbons (Fsp3) is 0.562. The number of carbonyl (C=O) groups excluding carboxylic acids is 1. The molecule has 0 heterocycles. The molecule has 0 saturated carbocycles. The predicted molar refractivity (Wildman–Crippen MR) is 102 cm³/mol. The fourth-order valence-corrected chi connectivity index (χ4v) is 2.50. The van der Waals surface area contributed by atoms with Gasteiger partial charge in [0.1, 0.15) is 6.17 Å². The summed E-state index contributed by atoms with van der Waals surface area (Å²) in [5.74, 6) is -0.220. The lowest BCUT2D eigenvalue weighted by molar-refractivity contribution is -0.384. The van der Waals surface area contributed by atoms with Crippen molar-refractivity contribution in [2.45, 2.75) is 55.4 Å². The first-order valence-electron chi connectivity index (χ1n) is 8.11. The van der Waals surface area contributed by atoms with Gasteiger partial charge in [0.15, 0.2) is 0 Å². The Morgan fingerprint density at radius 2 is 1.76 bits per heavy atom. The zero-order valence-electron chi connectivity index (χ0n) is 13.9. The smallest absolute Gasteiger partial charge is 0.269 e. The number of hydrogen-bond acceptors (Lipinski definition) is 4. The van der Waals surface area contributed by atoms with E-state index in [0.29, 0.717) is 12.1 Å². The molecule has 140 valence electrons. The van der Waals surface area contributed by atoms with Crippen molar-refractivity contribution >= 4 is 52.1 Å². The van der Waals surface area contributed by atoms with Crippen molar-refractivity contribution in [3.05, 3.63) is 34.4 Å². The van der Waals surface area contributed by atoms with Gasteiger partial charge in [0, 0.05) is 24.2 Å². The molecule has 0 fully saturated rings. The molecule has 0 radical (unpaired) electrons. The van der Waals surface area contributed by atoms with Gasteiger partial charge in [-0.25, -0.2) is 0 Å².